The summed E-state index contributed by atoms with van der Waals surface area (Å²) in [5.41, 5.74) is 2.02. The van der Waals surface area contributed by atoms with Gasteiger partial charge < -0.3 is 14.8 Å². The molecule has 0 bridgehead atoms. The van der Waals surface area contributed by atoms with Crippen LogP contribution in [0.25, 0.3) is 0 Å². The van der Waals surface area contributed by atoms with Gasteiger partial charge in [-0.1, -0.05) is 18.2 Å². The van der Waals surface area contributed by atoms with Gasteiger partial charge in [0.1, 0.15) is 12.4 Å². The number of methoxy groups -OCH3 is 1. The lowest BCUT2D eigenvalue weighted by Crippen LogP contribution is -2.05. The summed E-state index contributed by atoms with van der Waals surface area (Å²) in [4.78, 5) is 0. The smallest absolute Gasteiger partial charge is 0.161 e. The largest absolute Gasteiger partial charge is 0.493 e. The molecule has 0 aliphatic carbocycles. The summed E-state index contributed by atoms with van der Waals surface area (Å²) in [5, 5.41) is 3.09. The van der Waals surface area contributed by atoms with Gasteiger partial charge in [-0.3, -0.25) is 0 Å². The molecule has 0 saturated heterocycles. The van der Waals surface area contributed by atoms with E-state index in [-0.39, 0.29) is 5.82 Å². The summed E-state index contributed by atoms with van der Waals surface area (Å²) in [7, 11) is 3.50. The second-order valence-corrected chi connectivity index (χ2v) is 4.43. The van der Waals surface area contributed by atoms with Crippen LogP contribution in [-0.2, 0) is 13.2 Å². The number of hydrogen-bond acceptors (Lipinski definition) is 3. The predicted octanol–water partition coefficient (Wildman–Crippen LogP) is 3.13. The highest BCUT2D eigenvalue weighted by atomic mass is 19.1. The molecule has 0 aliphatic heterocycles. The molecule has 0 heterocycles. The van der Waals surface area contributed by atoms with Crippen molar-refractivity contribution in [2.24, 2.45) is 0 Å². The summed E-state index contributed by atoms with van der Waals surface area (Å²) in [6.45, 7) is 1.14. The zero-order valence-electron chi connectivity index (χ0n) is 11.7. The Kier molecular flexibility index (Phi) is 4.96. The number of rotatable bonds is 6. The van der Waals surface area contributed by atoms with Crippen LogP contribution in [0.15, 0.2) is 42.5 Å². The predicted molar refractivity (Wildman–Crippen MR) is 76.5 cm³/mol. The highest BCUT2D eigenvalue weighted by Gasteiger charge is 2.06. The molecular formula is C16H18FNO2. The number of halogens is 1. The summed E-state index contributed by atoms with van der Waals surface area (Å²) < 4.78 is 23.9. The average molecular weight is 275 g/mol. The van der Waals surface area contributed by atoms with E-state index in [2.05, 4.69) is 5.32 Å². The maximum Gasteiger partial charge on any atom is 0.161 e. The Morgan fingerprint density at radius 3 is 2.35 bits per heavy atom. The van der Waals surface area contributed by atoms with Crippen molar-refractivity contribution in [2.75, 3.05) is 14.2 Å². The molecule has 0 saturated carbocycles. The van der Waals surface area contributed by atoms with Crippen molar-refractivity contribution >= 4 is 0 Å². The Morgan fingerprint density at radius 1 is 1.00 bits per heavy atom. The molecule has 0 fully saturated rings. The van der Waals surface area contributed by atoms with Crippen LogP contribution in [0.2, 0.25) is 0 Å². The molecule has 0 amide bonds. The molecule has 2 aromatic carbocycles. The van der Waals surface area contributed by atoms with Gasteiger partial charge in [-0.05, 0) is 42.4 Å². The van der Waals surface area contributed by atoms with Gasteiger partial charge in [-0.2, -0.15) is 0 Å². The highest BCUT2D eigenvalue weighted by molar-refractivity contribution is 5.43. The molecule has 0 atom stereocenters. The number of nitrogens with one attached hydrogen (secondary N) is 1. The Hall–Kier alpha value is -2.07. The second-order valence-electron chi connectivity index (χ2n) is 4.43. The van der Waals surface area contributed by atoms with Crippen molar-refractivity contribution in [3.05, 3.63) is 59.4 Å². The third-order valence-corrected chi connectivity index (χ3v) is 2.92. The third kappa shape index (κ3) is 3.71. The van der Waals surface area contributed by atoms with Gasteiger partial charge in [0, 0.05) is 6.54 Å². The van der Waals surface area contributed by atoms with Gasteiger partial charge in [0.25, 0.3) is 0 Å². The van der Waals surface area contributed by atoms with E-state index < -0.39 is 0 Å². The minimum absolute atomic E-state index is 0.248. The minimum atomic E-state index is -0.248. The molecule has 2 aromatic rings. The molecule has 20 heavy (non-hydrogen) atoms. The SMILES string of the molecule is CNCc1ccc(OC)c(OCc2ccc(F)cc2)c1. The van der Waals surface area contributed by atoms with Gasteiger partial charge in [0.2, 0.25) is 0 Å². The zero-order chi connectivity index (χ0) is 14.4. The van der Waals surface area contributed by atoms with E-state index >= 15 is 0 Å². The van der Waals surface area contributed by atoms with Gasteiger partial charge in [0.05, 0.1) is 7.11 Å². The average Bonchev–Trinajstić information content (AvgIpc) is 2.47. The Balaban J connectivity index is 2.10. The molecule has 1 N–H and O–H groups in total. The fourth-order valence-electron chi connectivity index (χ4n) is 1.89. The molecule has 4 heteroatoms. The molecular weight excluding hydrogens is 257 g/mol. The lowest BCUT2D eigenvalue weighted by Gasteiger charge is -2.12. The summed E-state index contributed by atoms with van der Waals surface area (Å²) in [6.07, 6.45) is 0. The maximum absolute atomic E-state index is 12.8. The van der Waals surface area contributed by atoms with Crippen LogP contribution in [-0.4, -0.2) is 14.2 Å². The quantitative estimate of drug-likeness (QED) is 0.878. The molecule has 0 spiro atoms. The van der Waals surface area contributed by atoms with Crippen LogP contribution in [0.4, 0.5) is 4.39 Å². The topological polar surface area (TPSA) is 30.5 Å². The Labute approximate surface area is 118 Å². The summed E-state index contributed by atoms with van der Waals surface area (Å²) in [6, 6.07) is 12.1. The monoisotopic (exact) mass is 275 g/mol. The normalized spacial score (nSPS) is 10.3. The zero-order valence-corrected chi connectivity index (χ0v) is 11.7. The molecule has 0 aliphatic rings. The molecule has 0 unspecified atom stereocenters. The minimum Gasteiger partial charge on any atom is -0.493 e. The lowest BCUT2D eigenvalue weighted by molar-refractivity contribution is 0.284. The standard InChI is InChI=1S/C16H18FNO2/c1-18-10-13-5-8-15(19-2)16(9-13)20-11-12-3-6-14(17)7-4-12/h3-9,18H,10-11H2,1-2H3. The summed E-state index contributed by atoms with van der Waals surface area (Å²) >= 11 is 0. The Bertz CT molecular complexity index is 555. The first-order valence-electron chi connectivity index (χ1n) is 6.41. The van der Waals surface area contributed by atoms with Crippen molar-refractivity contribution in [3.8, 4) is 11.5 Å². The van der Waals surface area contributed by atoms with Gasteiger partial charge in [0.15, 0.2) is 11.5 Å². The van der Waals surface area contributed by atoms with Crippen molar-refractivity contribution in [3.63, 3.8) is 0 Å². The van der Waals surface area contributed by atoms with Crippen molar-refractivity contribution in [2.45, 2.75) is 13.2 Å². The lowest BCUT2D eigenvalue weighted by atomic mass is 10.2. The van der Waals surface area contributed by atoms with Crippen molar-refractivity contribution < 1.29 is 13.9 Å². The number of ether oxygens (including phenoxy) is 2. The van der Waals surface area contributed by atoms with Crippen LogP contribution < -0.4 is 14.8 Å². The fourth-order valence-corrected chi connectivity index (χ4v) is 1.89. The highest BCUT2D eigenvalue weighted by Crippen LogP contribution is 2.28. The van der Waals surface area contributed by atoms with E-state index in [1.807, 2.05) is 25.2 Å². The van der Waals surface area contributed by atoms with Gasteiger partial charge in [-0.15, -0.1) is 0 Å². The van der Waals surface area contributed by atoms with Gasteiger partial charge >= 0.3 is 0 Å². The first-order chi connectivity index (χ1) is 9.72. The molecule has 0 radical (unpaired) electrons. The van der Waals surface area contributed by atoms with E-state index in [0.717, 1.165) is 17.7 Å². The van der Waals surface area contributed by atoms with E-state index in [1.165, 1.54) is 12.1 Å². The first kappa shape index (κ1) is 14.3. The summed E-state index contributed by atoms with van der Waals surface area (Å²) in [5.74, 6) is 1.12. The number of benzene rings is 2. The molecule has 106 valence electrons. The van der Waals surface area contributed by atoms with Crippen molar-refractivity contribution in [1.29, 1.82) is 0 Å². The van der Waals surface area contributed by atoms with Crippen LogP contribution in [0.5, 0.6) is 11.5 Å². The van der Waals surface area contributed by atoms with Crippen LogP contribution in [0, 0.1) is 5.82 Å². The van der Waals surface area contributed by atoms with Gasteiger partial charge in [-0.25, -0.2) is 4.39 Å². The second kappa shape index (κ2) is 6.91. The van der Waals surface area contributed by atoms with E-state index in [1.54, 1.807) is 19.2 Å². The molecule has 3 nitrogen and oxygen atoms in total. The molecule has 2 rings (SSSR count). The van der Waals surface area contributed by atoms with Crippen LogP contribution in [0.3, 0.4) is 0 Å². The van der Waals surface area contributed by atoms with E-state index in [0.29, 0.717) is 18.1 Å². The Morgan fingerprint density at radius 2 is 1.70 bits per heavy atom. The maximum atomic E-state index is 12.8. The van der Waals surface area contributed by atoms with Crippen LogP contribution in [0.1, 0.15) is 11.1 Å². The number of hydrogen-bond donors (Lipinski definition) is 1. The third-order valence-electron chi connectivity index (χ3n) is 2.92. The molecule has 0 aromatic heterocycles. The first-order valence-corrected chi connectivity index (χ1v) is 6.41. The fraction of sp³-hybridized carbons (Fsp3) is 0.250. The van der Waals surface area contributed by atoms with Crippen LogP contribution >= 0.6 is 0 Å². The van der Waals surface area contributed by atoms with E-state index in [9.17, 15) is 4.39 Å². The van der Waals surface area contributed by atoms with Crippen molar-refractivity contribution in [1.82, 2.24) is 5.32 Å². The van der Waals surface area contributed by atoms with E-state index in [4.69, 9.17) is 9.47 Å².